The van der Waals surface area contributed by atoms with Gasteiger partial charge in [-0.1, -0.05) is 0 Å². The van der Waals surface area contributed by atoms with Crippen LogP contribution in [0.25, 0.3) is 0 Å². The first-order valence-corrected chi connectivity index (χ1v) is 2.65. The zero-order valence-corrected chi connectivity index (χ0v) is 4.80. The Morgan fingerprint density at radius 1 is 1.78 bits per heavy atom. The van der Waals surface area contributed by atoms with Gasteiger partial charge in [-0.3, -0.25) is 0 Å². The molecule has 1 heterocycles. The molecule has 9 heavy (non-hydrogen) atoms. The van der Waals surface area contributed by atoms with Crippen LogP contribution in [0.5, 0.6) is 0 Å². The number of hydrogen-bond acceptors (Lipinski definition) is 6. The molecule has 0 N–H and O–H groups in total. The fourth-order valence-electron chi connectivity index (χ4n) is 0.274. The summed E-state index contributed by atoms with van der Waals surface area (Å²) in [7, 11) is 0. The van der Waals surface area contributed by atoms with E-state index in [0.717, 1.165) is 0 Å². The van der Waals surface area contributed by atoms with Crippen molar-refractivity contribution in [2.45, 2.75) is 0 Å². The van der Waals surface area contributed by atoms with E-state index in [1.165, 1.54) is 0 Å². The van der Waals surface area contributed by atoms with Crippen LogP contribution in [0.15, 0.2) is 9.21 Å². The second kappa shape index (κ2) is 1.98. The maximum absolute atomic E-state index is 10.1. The summed E-state index contributed by atoms with van der Waals surface area (Å²) in [5, 5.41) is 9.81. The molecule has 0 saturated carbocycles. The van der Waals surface area contributed by atoms with Gasteiger partial charge in [0.25, 0.3) is 5.89 Å². The van der Waals surface area contributed by atoms with Gasteiger partial charge in [0, 0.05) is 0 Å². The summed E-state index contributed by atoms with van der Waals surface area (Å²) in [4.78, 5) is 19.2. The van der Waals surface area contributed by atoms with Gasteiger partial charge in [-0.05, 0) is 0 Å². The van der Waals surface area contributed by atoms with Gasteiger partial charge in [0.2, 0.25) is 0 Å². The first-order valence-electron chi connectivity index (χ1n) is 1.88. The molecule has 0 saturated heterocycles. The summed E-state index contributed by atoms with van der Waals surface area (Å²) < 4.78 is 7.15. The Hall–Kier alpha value is -1.17. The molecular formula is C3NO4S-. The summed E-state index contributed by atoms with van der Waals surface area (Å²) in [5.41, 5.74) is 0. The molecule has 0 aliphatic rings. The lowest BCUT2D eigenvalue weighted by Crippen LogP contribution is -2.22. The molecule has 1 aromatic rings. The van der Waals surface area contributed by atoms with Crippen molar-refractivity contribution in [1.82, 2.24) is 4.37 Å². The standard InChI is InChI=1S/C3HNO4S/c5-2(6)1-4-9-3(7)8-1/h(H,5,6)/p-1. The average Bonchev–Trinajstić information content (AvgIpc) is 2.14. The molecule has 0 bridgehead atoms. The Labute approximate surface area is 52.7 Å². The van der Waals surface area contributed by atoms with Gasteiger partial charge < -0.3 is 14.3 Å². The number of aromatic nitrogens is 1. The van der Waals surface area contributed by atoms with Gasteiger partial charge in [0.15, 0.2) is 0 Å². The van der Waals surface area contributed by atoms with Crippen molar-refractivity contribution < 1.29 is 14.3 Å². The Morgan fingerprint density at radius 2 is 2.44 bits per heavy atom. The van der Waals surface area contributed by atoms with E-state index in [0.29, 0.717) is 11.5 Å². The number of aromatic carboxylic acids is 1. The zero-order chi connectivity index (χ0) is 6.85. The van der Waals surface area contributed by atoms with Gasteiger partial charge in [-0.2, -0.15) is 0 Å². The highest BCUT2D eigenvalue weighted by Gasteiger charge is 1.99. The van der Waals surface area contributed by atoms with E-state index >= 15 is 0 Å². The van der Waals surface area contributed by atoms with Crippen LogP contribution in [0.2, 0.25) is 0 Å². The highest BCUT2D eigenvalue weighted by Crippen LogP contribution is 1.88. The second-order valence-electron chi connectivity index (χ2n) is 1.13. The lowest BCUT2D eigenvalue weighted by atomic mass is 10.7. The molecule has 5 nitrogen and oxygen atoms in total. The molecule has 0 radical (unpaired) electrons. The summed E-state index contributed by atoms with van der Waals surface area (Å²) in [5.74, 6) is -2.24. The van der Waals surface area contributed by atoms with E-state index in [1.54, 1.807) is 0 Å². The van der Waals surface area contributed by atoms with Gasteiger partial charge in [0.05, 0.1) is 11.5 Å². The van der Waals surface area contributed by atoms with Gasteiger partial charge in [-0.15, -0.1) is 4.37 Å². The molecule has 0 aromatic carbocycles. The van der Waals surface area contributed by atoms with E-state index in [-0.39, 0.29) is 0 Å². The fourth-order valence-corrected chi connectivity index (χ4v) is 0.659. The first-order chi connectivity index (χ1) is 4.20. The molecule has 0 amide bonds. The van der Waals surface area contributed by atoms with Crippen molar-refractivity contribution in [2.24, 2.45) is 0 Å². The Balaban J connectivity index is 3.12. The maximum atomic E-state index is 10.1. The van der Waals surface area contributed by atoms with E-state index in [4.69, 9.17) is 0 Å². The molecule has 48 valence electrons. The minimum atomic E-state index is -1.58. The summed E-state index contributed by atoms with van der Waals surface area (Å²) in [6.07, 6.45) is 0. The third-order valence-corrected chi connectivity index (χ3v) is 1.05. The minimum Gasteiger partial charge on any atom is -0.540 e. The highest BCUT2D eigenvalue weighted by atomic mass is 32.1. The second-order valence-corrected chi connectivity index (χ2v) is 1.83. The normalized spacial score (nSPS) is 9.33. The summed E-state index contributed by atoms with van der Waals surface area (Å²) >= 11 is 0.440. The number of carboxylic acids is 1. The van der Waals surface area contributed by atoms with Crippen LogP contribution in [-0.2, 0) is 0 Å². The topological polar surface area (TPSA) is 83.2 Å². The third-order valence-electron chi connectivity index (χ3n) is 0.558. The van der Waals surface area contributed by atoms with Crippen LogP contribution >= 0.6 is 11.5 Å². The SMILES string of the molecule is O=C([O-])c1nsc(=O)o1. The van der Waals surface area contributed by atoms with Crippen molar-refractivity contribution >= 4 is 17.5 Å². The molecule has 0 aliphatic heterocycles. The van der Waals surface area contributed by atoms with Gasteiger partial charge in [-0.25, -0.2) is 4.79 Å². The monoisotopic (exact) mass is 146 g/mol. The van der Waals surface area contributed by atoms with E-state index in [2.05, 4.69) is 8.79 Å². The number of rotatable bonds is 1. The van der Waals surface area contributed by atoms with Crippen LogP contribution in [0.4, 0.5) is 0 Å². The molecule has 6 heteroatoms. The molecule has 0 unspecified atom stereocenters. The average molecular weight is 146 g/mol. The molecular weight excluding hydrogens is 146 g/mol. The van der Waals surface area contributed by atoms with Crippen LogP contribution in [0.1, 0.15) is 10.7 Å². The van der Waals surface area contributed by atoms with Crippen molar-refractivity contribution in [3.63, 3.8) is 0 Å². The number of nitrogens with zero attached hydrogens (tertiary/aromatic N) is 1. The number of carbonyl (C=O) groups is 1. The lowest BCUT2D eigenvalue weighted by Gasteiger charge is -1.87. The fraction of sp³-hybridized carbons (Fsp3) is 0. The van der Waals surface area contributed by atoms with Crippen molar-refractivity contribution in [1.29, 1.82) is 0 Å². The molecule has 0 fully saturated rings. The summed E-state index contributed by atoms with van der Waals surface area (Å²) in [6.45, 7) is 0. The van der Waals surface area contributed by atoms with Crippen molar-refractivity contribution in [3.05, 3.63) is 15.6 Å². The molecule has 1 aromatic heterocycles. The highest BCUT2D eigenvalue weighted by molar-refractivity contribution is 7.02. The first kappa shape index (κ1) is 5.96. The van der Waals surface area contributed by atoms with E-state index in [1.807, 2.05) is 0 Å². The largest absolute Gasteiger partial charge is 0.540 e. The number of hydrogen-bond donors (Lipinski definition) is 0. The molecule has 1 rings (SSSR count). The lowest BCUT2D eigenvalue weighted by molar-refractivity contribution is -0.257. The molecule has 0 aliphatic carbocycles. The number of carbonyl (C=O) groups excluding carboxylic acids is 1. The Kier molecular flexibility index (Phi) is 1.31. The Bertz CT molecular complexity index is 273. The minimum absolute atomic E-state index is 0.440. The van der Waals surface area contributed by atoms with Gasteiger partial charge >= 0.3 is 4.94 Å². The van der Waals surface area contributed by atoms with E-state index < -0.39 is 16.8 Å². The van der Waals surface area contributed by atoms with Crippen molar-refractivity contribution in [3.8, 4) is 0 Å². The molecule has 0 spiro atoms. The van der Waals surface area contributed by atoms with Crippen molar-refractivity contribution in [2.75, 3.05) is 0 Å². The quantitative estimate of drug-likeness (QED) is 0.479. The smallest absolute Gasteiger partial charge is 0.414 e. The van der Waals surface area contributed by atoms with Crippen LogP contribution < -0.4 is 10.0 Å². The predicted molar refractivity (Wildman–Crippen MR) is 25.0 cm³/mol. The van der Waals surface area contributed by atoms with E-state index in [9.17, 15) is 14.7 Å². The van der Waals surface area contributed by atoms with Gasteiger partial charge in [0.1, 0.15) is 5.97 Å². The van der Waals surface area contributed by atoms with Crippen LogP contribution in [0, 0.1) is 0 Å². The summed E-state index contributed by atoms with van der Waals surface area (Å²) in [6, 6.07) is 0. The van der Waals surface area contributed by atoms with Crippen LogP contribution in [-0.4, -0.2) is 10.3 Å². The zero-order valence-electron chi connectivity index (χ0n) is 3.99. The molecule has 0 atom stereocenters. The predicted octanol–water partition coefficient (Wildman–Crippen LogP) is -1.54. The maximum Gasteiger partial charge on any atom is 0.414 e. The third kappa shape index (κ3) is 1.14. The number of carboxylic acid groups (broad SMARTS) is 1. The van der Waals surface area contributed by atoms with Crippen LogP contribution in [0.3, 0.4) is 0 Å². The Morgan fingerprint density at radius 3 is 2.67 bits per heavy atom.